The molecule has 9 heteroatoms. The van der Waals surface area contributed by atoms with Gasteiger partial charge in [0.2, 0.25) is 11.7 Å². The van der Waals surface area contributed by atoms with Crippen LogP contribution in [0.25, 0.3) is 0 Å². The molecular formula is C24H36N2O7. The monoisotopic (exact) mass is 464 g/mol. The molecule has 7 unspecified atom stereocenters. The predicted molar refractivity (Wildman–Crippen MR) is 121 cm³/mol. The summed E-state index contributed by atoms with van der Waals surface area (Å²) in [4.78, 5) is 24.8. The lowest BCUT2D eigenvalue weighted by Crippen LogP contribution is -2.57. The summed E-state index contributed by atoms with van der Waals surface area (Å²) in [5.41, 5.74) is 2.81. The molecular weight excluding hydrogens is 428 g/mol. The molecule has 9 nitrogen and oxygen atoms in total. The van der Waals surface area contributed by atoms with Gasteiger partial charge in [-0.1, -0.05) is 56.3 Å². The Bertz CT molecular complexity index is 773. The minimum Gasteiger partial charge on any atom is -0.376 e. The van der Waals surface area contributed by atoms with Gasteiger partial charge in [0.25, 0.3) is 0 Å². The van der Waals surface area contributed by atoms with Crippen molar-refractivity contribution in [3.05, 3.63) is 48.0 Å². The Balaban J connectivity index is 2.20. The number of rotatable bonds is 12. The molecule has 1 aliphatic rings. The SMILES string of the molecule is COC(COCc1ccccc1)C(OC1OC(C)C(C)C=CC1C)C(=O)C(NO)NC(C)=O. The van der Waals surface area contributed by atoms with Crippen molar-refractivity contribution in [1.82, 2.24) is 10.8 Å². The van der Waals surface area contributed by atoms with Crippen LogP contribution in [0.1, 0.15) is 33.3 Å². The third-order valence-corrected chi connectivity index (χ3v) is 5.59. The van der Waals surface area contributed by atoms with E-state index < -0.39 is 36.4 Å². The quantitative estimate of drug-likeness (QED) is 0.245. The van der Waals surface area contributed by atoms with Gasteiger partial charge in [0, 0.05) is 25.9 Å². The van der Waals surface area contributed by atoms with Crippen LogP contribution in [0.4, 0.5) is 0 Å². The van der Waals surface area contributed by atoms with Gasteiger partial charge in [0.05, 0.1) is 19.3 Å². The molecule has 1 amide bonds. The minimum atomic E-state index is -1.38. The Morgan fingerprint density at radius 3 is 2.39 bits per heavy atom. The second-order valence-electron chi connectivity index (χ2n) is 8.31. The minimum absolute atomic E-state index is 0.0446. The van der Waals surface area contributed by atoms with Crippen LogP contribution in [0.3, 0.4) is 0 Å². The zero-order chi connectivity index (χ0) is 24.4. The first kappa shape index (κ1) is 27.1. The van der Waals surface area contributed by atoms with E-state index in [9.17, 15) is 14.8 Å². The van der Waals surface area contributed by atoms with E-state index in [2.05, 4.69) is 11.4 Å². The van der Waals surface area contributed by atoms with Crippen LogP contribution in [0, 0.1) is 11.8 Å². The number of methoxy groups -OCH3 is 1. The zero-order valence-corrected chi connectivity index (χ0v) is 19.9. The molecule has 0 bridgehead atoms. The number of nitrogens with one attached hydrogen (secondary N) is 2. The van der Waals surface area contributed by atoms with E-state index in [0.29, 0.717) is 6.61 Å². The van der Waals surface area contributed by atoms with E-state index in [4.69, 9.17) is 18.9 Å². The van der Waals surface area contributed by atoms with E-state index in [1.807, 2.05) is 62.7 Å². The molecule has 0 saturated heterocycles. The molecule has 0 spiro atoms. The number of ether oxygens (including phenoxy) is 4. The summed E-state index contributed by atoms with van der Waals surface area (Å²) >= 11 is 0. The number of carbonyl (C=O) groups is 2. The number of Topliss-reactive ketones (excluding diaryl/α,β-unsaturated/α-hetero) is 1. The van der Waals surface area contributed by atoms with Crippen molar-refractivity contribution in [1.29, 1.82) is 0 Å². The highest BCUT2D eigenvalue weighted by atomic mass is 16.7. The Kier molecular flexibility index (Phi) is 11.1. The first-order valence-electron chi connectivity index (χ1n) is 11.1. The van der Waals surface area contributed by atoms with Gasteiger partial charge in [-0.25, -0.2) is 0 Å². The fraction of sp³-hybridized carbons (Fsp3) is 0.583. The number of carbonyl (C=O) groups excluding carboxylic acids is 2. The standard InChI is InChI=1S/C24H36N2O7/c1-15-11-12-16(2)24(32-17(15)3)33-22(21(28)23(26-29)25-18(4)27)20(30-5)14-31-13-19-9-7-6-8-10-19/h6-12,15-17,20,22-24,26,29H,13-14H2,1-5H3,(H,25,27). The number of hydrogen-bond acceptors (Lipinski definition) is 8. The third-order valence-electron chi connectivity index (χ3n) is 5.59. The number of hydroxylamine groups is 1. The molecule has 0 aliphatic carbocycles. The van der Waals surface area contributed by atoms with Gasteiger partial charge >= 0.3 is 0 Å². The van der Waals surface area contributed by atoms with E-state index in [-0.39, 0.29) is 24.5 Å². The fourth-order valence-corrected chi connectivity index (χ4v) is 3.38. The van der Waals surface area contributed by atoms with E-state index in [0.717, 1.165) is 5.56 Å². The summed E-state index contributed by atoms with van der Waals surface area (Å²) in [7, 11) is 1.45. The van der Waals surface area contributed by atoms with Crippen LogP contribution < -0.4 is 10.8 Å². The molecule has 184 valence electrons. The molecule has 3 N–H and O–H groups in total. The van der Waals surface area contributed by atoms with Crippen molar-refractivity contribution >= 4 is 11.7 Å². The maximum atomic E-state index is 13.3. The largest absolute Gasteiger partial charge is 0.376 e. The molecule has 7 atom stereocenters. The van der Waals surface area contributed by atoms with Crippen molar-refractivity contribution in [2.75, 3.05) is 13.7 Å². The normalized spacial score (nSPS) is 25.6. The first-order valence-corrected chi connectivity index (χ1v) is 11.1. The molecule has 2 rings (SSSR count). The van der Waals surface area contributed by atoms with Gasteiger partial charge < -0.3 is 29.5 Å². The lowest BCUT2D eigenvalue weighted by Gasteiger charge is -2.33. The summed E-state index contributed by atoms with van der Waals surface area (Å²) in [5.74, 6) is -1.08. The summed E-state index contributed by atoms with van der Waals surface area (Å²) in [6.45, 7) is 7.51. The smallest absolute Gasteiger partial charge is 0.218 e. The molecule has 1 aromatic carbocycles. The molecule has 0 fully saturated rings. The predicted octanol–water partition coefficient (Wildman–Crippen LogP) is 2.19. The molecule has 33 heavy (non-hydrogen) atoms. The van der Waals surface area contributed by atoms with Crippen molar-refractivity contribution in [3.8, 4) is 0 Å². The summed E-state index contributed by atoms with van der Waals surface area (Å²) in [6.07, 6.45) is -0.216. The van der Waals surface area contributed by atoms with Crippen molar-refractivity contribution in [2.45, 2.75) is 65.1 Å². The van der Waals surface area contributed by atoms with Gasteiger partial charge in [-0.2, -0.15) is 5.48 Å². The molecule has 1 aromatic rings. The van der Waals surface area contributed by atoms with Crippen molar-refractivity contribution in [3.63, 3.8) is 0 Å². The Labute approximate surface area is 195 Å². The van der Waals surface area contributed by atoms with Crippen LogP contribution in [0.2, 0.25) is 0 Å². The number of amides is 1. The van der Waals surface area contributed by atoms with Crippen molar-refractivity contribution in [2.24, 2.45) is 11.8 Å². The van der Waals surface area contributed by atoms with Crippen LogP contribution in [0.5, 0.6) is 0 Å². The molecule has 0 saturated carbocycles. The second kappa shape index (κ2) is 13.5. The lowest BCUT2D eigenvalue weighted by molar-refractivity contribution is -0.230. The van der Waals surface area contributed by atoms with Crippen LogP contribution in [-0.2, 0) is 35.1 Å². The maximum Gasteiger partial charge on any atom is 0.218 e. The van der Waals surface area contributed by atoms with E-state index >= 15 is 0 Å². The highest BCUT2D eigenvalue weighted by Crippen LogP contribution is 2.25. The Morgan fingerprint density at radius 1 is 1.12 bits per heavy atom. The molecule has 1 aliphatic heterocycles. The summed E-state index contributed by atoms with van der Waals surface area (Å²) in [6, 6.07) is 9.59. The number of ketones is 1. The van der Waals surface area contributed by atoms with Gasteiger partial charge in [0.15, 0.2) is 18.6 Å². The average molecular weight is 465 g/mol. The topological polar surface area (TPSA) is 115 Å². The van der Waals surface area contributed by atoms with Crippen LogP contribution in [-0.4, -0.2) is 61.4 Å². The van der Waals surface area contributed by atoms with Gasteiger partial charge in [0.1, 0.15) is 6.10 Å². The van der Waals surface area contributed by atoms with E-state index in [1.165, 1.54) is 14.0 Å². The summed E-state index contributed by atoms with van der Waals surface area (Å²) < 4.78 is 23.6. The number of benzene rings is 1. The Hall–Kier alpha value is -2.14. The fourth-order valence-electron chi connectivity index (χ4n) is 3.38. The Morgan fingerprint density at radius 2 is 1.79 bits per heavy atom. The average Bonchev–Trinajstić information content (AvgIpc) is 2.92. The zero-order valence-electron chi connectivity index (χ0n) is 19.9. The summed E-state index contributed by atoms with van der Waals surface area (Å²) in [5, 5.41) is 11.9. The van der Waals surface area contributed by atoms with Crippen molar-refractivity contribution < 1.29 is 33.7 Å². The van der Waals surface area contributed by atoms with E-state index in [1.54, 1.807) is 0 Å². The van der Waals surface area contributed by atoms with Gasteiger partial charge in [-0.05, 0) is 12.5 Å². The first-order chi connectivity index (χ1) is 15.8. The molecule has 0 radical (unpaired) electrons. The number of hydrogen-bond donors (Lipinski definition) is 3. The van der Waals surface area contributed by atoms with Gasteiger partial charge in [-0.3, -0.25) is 9.59 Å². The highest BCUT2D eigenvalue weighted by molar-refractivity contribution is 5.91. The highest BCUT2D eigenvalue weighted by Gasteiger charge is 2.39. The van der Waals surface area contributed by atoms with Gasteiger partial charge in [-0.15, -0.1) is 0 Å². The molecule has 0 aromatic heterocycles. The third kappa shape index (κ3) is 8.29. The lowest BCUT2D eigenvalue weighted by atomic mass is 10.0. The second-order valence-corrected chi connectivity index (χ2v) is 8.31. The maximum absolute atomic E-state index is 13.3. The van der Waals surface area contributed by atoms with Crippen LogP contribution in [0.15, 0.2) is 42.5 Å². The van der Waals surface area contributed by atoms with Crippen LogP contribution >= 0.6 is 0 Å². The molecule has 1 heterocycles.